The Bertz CT molecular complexity index is 1430. The summed E-state index contributed by atoms with van der Waals surface area (Å²) in [5.74, 6) is 0.203. The minimum absolute atomic E-state index is 0.0587. The van der Waals surface area contributed by atoms with Crippen LogP contribution >= 0.6 is 0 Å². The average Bonchev–Trinajstić information content (AvgIpc) is 3.05. The van der Waals surface area contributed by atoms with E-state index in [9.17, 15) is 9.59 Å². The van der Waals surface area contributed by atoms with Crippen molar-refractivity contribution in [3.05, 3.63) is 71.8 Å². The summed E-state index contributed by atoms with van der Waals surface area (Å²) in [5.41, 5.74) is 0.625. The van der Waals surface area contributed by atoms with Crippen LogP contribution in [0.1, 0.15) is 126 Å². The van der Waals surface area contributed by atoms with Crippen LogP contribution in [-0.4, -0.2) is 69.8 Å². The molecule has 296 valence electrons. The number of amides is 2. The lowest BCUT2D eigenvalue weighted by molar-refractivity contribution is -0.259. The second-order valence-electron chi connectivity index (χ2n) is 18.8. The molecule has 2 aliphatic heterocycles. The summed E-state index contributed by atoms with van der Waals surface area (Å²) < 4.78 is 12.6. The number of hydrogen-bond donors (Lipinski definition) is 2. The van der Waals surface area contributed by atoms with Gasteiger partial charge in [0, 0.05) is 13.1 Å². The molecule has 2 aromatic carbocycles. The van der Waals surface area contributed by atoms with Gasteiger partial charge < -0.3 is 29.8 Å². The van der Waals surface area contributed by atoms with Gasteiger partial charge in [0.25, 0.3) is 0 Å². The number of nitrogens with zero attached hydrogens (tertiary/aromatic N) is 2. The second kappa shape index (κ2) is 17.5. The second-order valence-corrected chi connectivity index (χ2v) is 18.8. The maximum atomic E-state index is 13.1. The highest BCUT2D eigenvalue weighted by Gasteiger charge is 2.50. The fraction of sp³-hybridized carbons (Fsp3) is 0.674. The van der Waals surface area contributed by atoms with E-state index in [1.807, 2.05) is 46.5 Å². The van der Waals surface area contributed by atoms with Crippen LogP contribution < -0.4 is 10.6 Å². The van der Waals surface area contributed by atoms with Crippen molar-refractivity contribution in [2.75, 3.05) is 13.1 Å². The Hall–Kier alpha value is -3.18. The topological polar surface area (TPSA) is 102 Å². The molecular weight excluding hydrogens is 668 g/mol. The van der Waals surface area contributed by atoms with Gasteiger partial charge in [0.15, 0.2) is 0 Å². The Morgan fingerprint density at radius 3 is 1.45 bits per heavy atom. The zero-order chi connectivity index (χ0) is 39.1. The molecule has 2 amide bonds. The van der Waals surface area contributed by atoms with Gasteiger partial charge >= 0.3 is 12.2 Å². The first kappa shape index (κ1) is 42.6. The van der Waals surface area contributed by atoms with Crippen LogP contribution in [0.4, 0.5) is 9.59 Å². The fourth-order valence-corrected chi connectivity index (χ4v) is 8.76. The van der Waals surface area contributed by atoms with Crippen molar-refractivity contribution in [3.8, 4) is 0 Å². The zero-order valence-corrected chi connectivity index (χ0v) is 34.4. The molecule has 0 bridgehead atoms. The van der Waals surface area contributed by atoms with Crippen LogP contribution in [-0.2, 0) is 32.4 Å². The molecule has 0 saturated carbocycles. The molecule has 10 heteroatoms. The molecule has 0 spiro atoms. The van der Waals surface area contributed by atoms with Gasteiger partial charge in [0.2, 0.25) is 0 Å². The van der Waals surface area contributed by atoms with E-state index in [-0.39, 0.29) is 23.5 Å². The van der Waals surface area contributed by atoms with Gasteiger partial charge in [-0.2, -0.15) is 0 Å². The van der Waals surface area contributed by atoms with E-state index >= 15 is 0 Å². The van der Waals surface area contributed by atoms with Crippen molar-refractivity contribution < 1.29 is 28.7 Å². The van der Waals surface area contributed by atoms with E-state index < -0.39 is 34.3 Å². The molecule has 0 aliphatic carbocycles. The fourth-order valence-electron chi connectivity index (χ4n) is 8.76. The molecule has 0 radical (unpaired) electrons. The highest BCUT2D eigenvalue weighted by Crippen LogP contribution is 2.41. The molecule has 4 rings (SSSR count). The Balaban J connectivity index is 1.17. The number of rotatable bonds is 15. The summed E-state index contributed by atoms with van der Waals surface area (Å²) in [6, 6.07) is 20.4. The summed E-state index contributed by atoms with van der Waals surface area (Å²) in [6.07, 6.45) is 3.86. The Morgan fingerprint density at radius 2 is 1.06 bits per heavy atom. The minimum atomic E-state index is -0.444. The van der Waals surface area contributed by atoms with Crippen molar-refractivity contribution in [1.82, 2.24) is 20.8 Å². The smallest absolute Gasteiger partial charge is 0.373 e. The molecule has 0 aromatic heterocycles. The molecule has 2 N–H and O–H groups in total. The van der Waals surface area contributed by atoms with Crippen LogP contribution in [0.15, 0.2) is 60.7 Å². The lowest BCUT2D eigenvalue weighted by Crippen LogP contribution is -2.63. The van der Waals surface area contributed by atoms with Gasteiger partial charge in [-0.3, -0.25) is 0 Å². The van der Waals surface area contributed by atoms with Gasteiger partial charge in [-0.15, -0.1) is 10.1 Å². The molecule has 1 atom stereocenters. The van der Waals surface area contributed by atoms with E-state index in [0.717, 1.165) is 49.7 Å². The number of hydrogen-bond acceptors (Lipinski definition) is 8. The molecule has 1 unspecified atom stereocenters. The Morgan fingerprint density at radius 1 is 0.679 bits per heavy atom. The lowest BCUT2D eigenvalue weighted by atomic mass is 9.80. The van der Waals surface area contributed by atoms with E-state index in [0.29, 0.717) is 26.3 Å². The number of carbonyl (C=O) groups is 2. The van der Waals surface area contributed by atoms with Crippen molar-refractivity contribution in [2.24, 2.45) is 11.3 Å². The number of piperidine rings is 2. The monoisotopic (exact) mass is 737 g/mol. The van der Waals surface area contributed by atoms with E-state index in [2.05, 4.69) is 111 Å². The van der Waals surface area contributed by atoms with Crippen molar-refractivity contribution in [1.29, 1.82) is 0 Å². The van der Waals surface area contributed by atoms with Crippen LogP contribution in [0.2, 0.25) is 0 Å². The van der Waals surface area contributed by atoms with Gasteiger partial charge in [-0.25, -0.2) is 9.59 Å². The van der Waals surface area contributed by atoms with Gasteiger partial charge in [-0.05, 0) is 116 Å². The third-order valence-corrected chi connectivity index (χ3v) is 10.7. The predicted octanol–water partition coefficient (Wildman–Crippen LogP) is 9.19. The van der Waals surface area contributed by atoms with E-state index in [1.54, 1.807) is 0 Å². The van der Waals surface area contributed by atoms with Crippen LogP contribution in [0, 0.1) is 11.3 Å². The van der Waals surface area contributed by atoms with Gasteiger partial charge in [0.1, 0.15) is 0 Å². The van der Waals surface area contributed by atoms with Crippen molar-refractivity contribution in [3.63, 3.8) is 0 Å². The summed E-state index contributed by atoms with van der Waals surface area (Å²) in [4.78, 5) is 38.1. The number of benzene rings is 2. The van der Waals surface area contributed by atoms with Gasteiger partial charge in [-0.1, -0.05) is 81.4 Å². The Labute approximate surface area is 319 Å². The van der Waals surface area contributed by atoms with E-state index in [1.165, 1.54) is 0 Å². The largest absolute Gasteiger partial charge is 0.426 e. The SMILES string of the molecule is CC(CNC(=O)ON1C(C)(C)CC(OCc2ccccc2)CC1(C)C)CC(C)(C)CCNC(=O)ON1C(C)(C)CC(OCc2ccccc2)CC1(C)C. The number of ether oxygens (including phenoxy) is 2. The standard InChI is InChI=1S/C43H68N4O6/c1-32(29-45-38(49)53-47-42(8,9)27-36(28-43(47,10)11)51-31-34-20-16-13-17-21-34)24-39(2,3)22-23-44-37(48)52-46-40(4,5)25-35(26-41(46,6)7)50-30-33-18-14-12-15-19-33/h12-21,32,35-36H,22-31H2,1-11H3,(H,44,48)(H,45,49). The van der Waals surface area contributed by atoms with Crippen LogP contribution in [0.25, 0.3) is 0 Å². The first-order valence-electron chi connectivity index (χ1n) is 19.5. The molecule has 2 aliphatic rings. The maximum absolute atomic E-state index is 13.1. The minimum Gasteiger partial charge on any atom is -0.373 e. The molecule has 10 nitrogen and oxygen atoms in total. The zero-order valence-electron chi connectivity index (χ0n) is 34.4. The average molecular weight is 737 g/mol. The van der Waals surface area contributed by atoms with Crippen molar-refractivity contribution >= 4 is 12.2 Å². The predicted molar refractivity (Wildman–Crippen MR) is 210 cm³/mol. The normalized spacial score (nSPS) is 21.0. The molecule has 2 saturated heterocycles. The highest BCUT2D eigenvalue weighted by atomic mass is 16.7. The quantitative estimate of drug-likeness (QED) is 0.187. The number of hydroxylamine groups is 4. The molecule has 2 heterocycles. The molecule has 2 aromatic rings. The maximum Gasteiger partial charge on any atom is 0.426 e. The van der Waals surface area contributed by atoms with Gasteiger partial charge in [0.05, 0.1) is 47.6 Å². The molecule has 53 heavy (non-hydrogen) atoms. The third-order valence-electron chi connectivity index (χ3n) is 10.7. The summed E-state index contributed by atoms with van der Waals surface area (Å²) in [6.45, 7) is 25.4. The van der Waals surface area contributed by atoms with Crippen molar-refractivity contribution in [2.45, 2.75) is 162 Å². The number of nitrogens with one attached hydrogen (secondary N) is 2. The van der Waals surface area contributed by atoms with Crippen LogP contribution in [0.5, 0.6) is 0 Å². The van der Waals surface area contributed by atoms with Crippen LogP contribution in [0.3, 0.4) is 0 Å². The Kier molecular flexibility index (Phi) is 14.1. The first-order valence-corrected chi connectivity index (χ1v) is 19.5. The summed E-state index contributed by atoms with van der Waals surface area (Å²) in [7, 11) is 0. The highest BCUT2D eigenvalue weighted by molar-refractivity contribution is 5.67. The van der Waals surface area contributed by atoms with E-state index in [4.69, 9.17) is 19.1 Å². The summed E-state index contributed by atoms with van der Waals surface area (Å²) in [5, 5.41) is 9.68. The third kappa shape index (κ3) is 12.7. The lowest BCUT2D eigenvalue weighted by Gasteiger charge is -2.52. The first-order chi connectivity index (χ1) is 24.7. The summed E-state index contributed by atoms with van der Waals surface area (Å²) >= 11 is 0. The molecule has 2 fully saturated rings. The molecular formula is C43H68N4O6. The number of carbonyl (C=O) groups excluding carboxylic acids is 2.